The molecule has 3 rings (SSSR count). The van der Waals surface area contributed by atoms with Gasteiger partial charge in [-0.2, -0.15) is 0 Å². The number of halogens is 1. The molecule has 1 aliphatic heterocycles. The van der Waals surface area contributed by atoms with Crippen LogP contribution in [0.2, 0.25) is 5.02 Å². The SMILES string of the molecule is CN(Cc1ccccc1Cl)C(=O)CN1C(=O)NC2(CCCC2)C1=O. The second-order valence-corrected chi connectivity index (χ2v) is 6.86. The Hall–Kier alpha value is -2.08. The first-order valence-corrected chi connectivity index (χ1v) is 8.42. The van der Waals surface area contributed by atoms with Crippen molar-refractivity contribution in [1.29, 1.82) is 0 Å². The number of hydrogen-bond donors (Lipinski definition) is 1. The highest BCUT2D eigenvalue weighted by Crippen LogP contribution is 2.34. The average Bonchev–Trinajstić information content (AvgIpc) is 3.11. The van der Waals surface area contributed by atoms with Crippen molar-refractivity contribution in [3.8, 4) is 0 Å². The molecule has 2 aliphatic rings. The third kappa shape index (κ3) is 2.98. The molecule has 1 aliphatic carbocycles. The van der Waals surface area contributed by atoms with Gasteiger partial charge in [0.1, 0.15) is 12.1 Å². The lowest BCUT2D eigenvalue weighted by molar-refractivity contribution is -0.138. The van der Waals surface area contributed by atoms with Crippen LogP contribution in [-0.2, 0) is 16.1 Å². The molecule has 1 saturated heterocycles. The van der Waals surface area contributed by atoms with E-state index in [2.05, 4.69) is 5.32 Å². The maximum absolute atomic E-state index is 12.6. The maximum atomic E-state index is 12.6. The van der Waals surface area contributed by atoms with Gasteiger partial charge in [0.15, 0.2) is 0 Å². The first kappa shape index (κ1) is 16.8. The molecule has 0 atom stereocenters. The van der Waals surface area contributed by atoms with Crippen LogP contribution in [0.25, 0.3) is 0 Å². The Morgan fingerprint density at radius 3 is 2.62 bits per heavy atom. The summed E-state index contributed by atoms with van der Waals surface area (Å²) in [6, 6.07) is 6.80. The molecule has 128 valence electrons. The molecule has 0 bridgehead atoms. The zero-order valence-electron chi connectivity index (χ0n) is 13.5. The Morgan fingerprint density at radius 2 is 1.96 bits per heavy atom. The topological polar surface area (TPSA) is 69.7 Å². The number of imide groups is 1. The molecule has 6 nitrogen and oxygen atoms in total. The first-order valence-electron chi connectivity index (χ1n) is 8.04. The second-order valence-electron chi connectivity index (χ2n) is 6.45. The number of amides is 4. The predicted molar refractivity (Wildman–Crippen MR) is 89.4 cm³/mol. The molecule has 0 unspecified atom stereocenters. The molecule has 4 amide bonds. The van der Waals surface area contributed by atoms with E-state index in [9.17, 15) is 14.4 Å². The summed E-state index contributed by atoms with van der Waals surface area (Å²) >= 11 is 6.10. The standard InChI is InChI=1S/C17H20ClN3O3/c1-20(10-12-6-2-3-7-13(12)18)14(22)11-21-15(23)17(19-16(21)24)8-4-5-9-17/h2-3,6-7H,4-5,8-11H2,1H3,(H,19,24). The maximum Gasteiger partial charge on any atom is 0.325 e. The Balaban J connectivity index is 1.65. The Bertz CT molecular complexity index is 685. The highest BCUT2D eigenvalue weighted by molar-refractivity contribution is 6.31. The molecular weight excluding hydrogens is 330 g/mol. The number of benzene rings is 1. The lowest BCUT2D eigenvalue weighted by atomic mass is 9.98. The normalized spacial score (nSPS) is 19.0. The van der Waals surface area contributed by atoms with E-state index in [-0.39, 0.29) is 18.4 Å². The molecule has 0 aromatic heterocycles. The van der Waals surface area contributed by atoms with Crippen LogP contribution in [-0.4, -0.2) is 46.8 Å². The lowest BCUT2D eigenvalue weighted by Gasteiger charge is -2.22. The number of nitrogens with one attached hydrogen (secondary N) is 1. The number of carbonyl (C=O) groups excluding carboxylic acids is 3. The Labute approximate surface area is 145 Å². The van der Waals surface area contributed by atoms with Crippen molar-refractivity contribution in [2.45, 2.75) is 37.8 Å². The van der Waals surface area contributed by atoms with Crippen LogP contribution in [0.1, 0.15) is 31.2 Å². The highest BCUT2D eigenvalue weighted by Gasteiger charge is 2.52. The number of hydrogen-bond acceptors (Lipinski definition) is 3. The smallest absolute Gasteiger partial charge is 0.325 e. The van der Waals surface area contributed by atoms with Gasteiger partial charge in [0.25, 0.3) is 5.91 Å². The zero-order valence-corrected chi connectivity index (χ0v) is 14.3. The van der Waals surface area contributed by atoms with Crippen LogP contribution in [0, 0.1) is 0 Å². The van der Waals surface area contributed by atoms with Crippen LogP contribution in [0.5, 0.6) is 0 Å². The number of likely N-dealkylation sites (N-methyl/N-ethyl adjacent to an activating group) is 1. The average molecular weight is 350 g/mol. The van der Waals surface area contributed by atoms with Gasteiger partial charge in [-0.25, -0.2) is 4.79 Å². The van der Waals surface area contributed by atoms with Gasteiger partial charge >= 0.3 is 6.03 Å². The molecule has 1 aromatic carbocycles. The minimum Gasteiger partial charge on any atom is -0.340 e. The summed E-state index contributed by atoms with van der Waals surface area (Å²) in [4.78, 5) is 39.6. The molecule has 2 fully saturated rings. The molecule has 1 spiro atoms. The van der Waals surface area contributed by atoms with E-state index < -0.39 is 11.6 Å². The van der Waals surface area contributed by atoms with Crippen LogP contribution >= 0.6 is 11.6 Å². The van der Waals surface area contributed by atoms with Gasteiger partial charge in [-0.1, -0.05) is 42.6 Å². The minimum absolute atomic E-state index is 0.243. The van der Waals surface area contributed by atoms with Crippen molar-refractivity contribution in [3.05, 3.63) is 34.9 Å². The molecule has 7 heteroatoms. The molecule has 1 aromatic rings. The van der Waals surface area contributed by atoms with Gasteiger partial charge < -0.3 is 10.2 Å². The Morgan fingerprint density at radius 1 is 1.29 bits per heavy atom. The van der Waals surface area contributed by atoms with Crippen molar-refractivity contribution in [2.24, 2.45) is 0 Å². The summed E-state index contributed by atoms with van der Waals surface area (Å²) in [7, 11) is 1.63. The highest BCUT2D eigenvalue weighted by atomic mass is 35.5. The van der Waals surface area contributed by atoms with E-state index in [0.29, 0.717) is 24.4 Å². The molecule has 1 saturated carbocycles. The molecule has 1 heterocycles. The van der Waals surface area contributed by atoms with Crippen molar-refractivity contribution < 1.29 is 14.4 Å². The second kappa shape index (κ2) is 6.43. The van der Waals surface area contributed by atoms with Crippen LogP contribution in [0.15, 0.2) is 24.3 Å². The molecule has 1 N–H and O–H groups in total. The third-order valence-corrected chi connectivity index (χ3v) is 5.16. The third-order valence-electron chi connectivity index (χ3n) is 4.79. The first-order chi connectivity index (χ1) is 11.4. The predicted octanol–water partition coefficient (Wildman–Crippen LogP) is 2.16. The molecular formula is C17H20ClN3O3. The number of rotatable bonds is 4. The summed E-state index contributed by atoms with van der Waals surface area (Å²) in [6.45, 7) is 0.0840. The summed E-state index contributed by atoms with van der Waals surface area (Å²) in [5.74, 6) is -0.571. The largest absolute Gasteiger partial charge is 0.340 e. The number of urea groups is 1. The minimum atomic E-state index is -0.779. The number of nitrogens with zero attached hydrogens (tertiary/aromatic N) is 2. The fourth-order valence-electron chi connectivity index (χ4n) is 3.36. The van der Waals surface area contributed by atoms with E-state index in [1.165, 1.54) is 4.90 Å². The summed E-state index contributed by atoms with van der Waals surface area (Å²) in [6.07, 6.45) is 3.13. The van der Waals surface area contributed by atoms with Gasteiger partial charge in [-0.3, -0.25) is 14.5 Å². The van der Waals surface area contributed by atoms with Crippen LogP contribution in [0.4, 0.5) is 4.79 Å². The number of carbonyl (C=O) groups is 3. The van der Waals surface area contributed by atoms with Crippen LogP contribution < -0.4 is 5.32 Å². The summed E-state index contributed by atoms with van der Waals surface area (Å²) < 4.78 is 0. The summed E-state index contributed by atoms with van der Waals surface area (Å²) in [5.41, 5.74) is 0.0399. The van der Waals surface area contributed by atoms with E-state index >= 15 is 0 Å². The van der Waals surface area contributed by atoms with Gasteiger partial charge in [0.05, 0.1) is 0 Å². The van der Waals surface area contributed by atoms with Gasteiger partial charge in [0.2, 0.25) is 5.91 Å². The van der Waals surface area contributed by atoms with Crippen molar-refractivity contribution in [3.63, 3.8) is 0 Å². The van der Waals surface area contributed by atoms with Gasteiger partial charge in [-0.15, -0.1) is 0 Å². The summed E-state index contributed by atoms with van der Waals surface area (Å²) in [5, 5.41) is 3.36. The zero-order chi connectivity index (χ0) is 17.3. The van der Waals surface area contributed by atoms with E-state index in [0.717, 1.165) is 23.3 Å². The monoisotopic (exact) mass is 349 g/mol. The van der Waals surface area contributed by atoms with E-state index in [4.69, 9.17) is 11.6 Å². The van der Waals surface area contributed by atoms with Crippen molar-refractivity contribution >= 4 is 29.4 Å². The Kier molecular flexibility index (Phi) is 4.49. The van der Waals surface area contributed by atoms with E-state index in [1.807, 2.05) is 18.2 Å². The van der Waals surface area contributed by atoms with Gasteiger partial charge in [0, 0.05) is 18.6 Å². The fourth-order valence-corrected chi connectivity index (χ4v) is 3.56. The lowest BCUT2D eigenvalue weighted by Crippen LogP contribution is -2.45. The van der Waals surface area contributed by atoms with E-state index in [1.54, 1.807) is 13.1 Å². The van der Waals surface area contributed by atoms with Crippen molar-refractivity contribution in [2.75, 3.05) is 13.6 Å². The fraction of sp³-hybridized carbons (Fsp3) is 0.471. The molecule has 0 radical (unpaired) electrons. The quantitative estimate of drug-likeness (QED) is 0.847. The van der Waals surface area contributed by atoms with Crippen molar-refractivity contribution in [1.82, 2.24) is 15.1 Å². The molecule has 24 heavy (non-hydrogen) atoms. The van der Waals surface area contributed by atoms with Crippen LogP contribution in [0.3, 0.4) is 0 Å². The van der Waals surface area contributed by atoms with Gasteiger partial charge in [-0.05, 0) is 24.5 Å².